The molecule has 0 unspecified atom stereocenters. The normalized spacial score (nSPS) is 11.1. The van der Waals surface area contributed by atoms with E-state index in [-0.39, 0.29) is 0 Å². The zero-order valence-corrected chi connectivity index (χ0v) is 9.86. The number of aryl methyl sites for hydroxylation is 2. The molecular formula is C13H16BNO. The minimum Gasteiger partial charge on any atom is -0.385 e. The van der Waals surface area contributed by atoms with Gasteiger partial charge in [-0.25, -0.2) is 0 Å². The van der Waals surface area contributed by atoms with Gasteiger partial charge in [0.25, 0.3) is 0 Å². The summed E-state index contributed by atoms with van der Waals surface area (Å²) in [5.41, 5.74) is 3.33. The third kappa shape index (κ3) is 2.14. The summed E-state index contributed by atoms with van der Waals surface area (Å²) >= 11 is 0. The van der Waals surface area contributed by atoms with Crippen LogP contribution in [0, 0.1) is 6.92 Å². The Morgan fingerprint density at radius 3 is 2.94 bits per heavy atom. The summed E-state index contributed by atoms with van der Waals surface area (Å²) < 4.78 is 7.32. The minimum absolute atomic E-state index is 0.793. The maximum Gasteiger partial charge on any atom is 0.113 e. The van der Waals surface area contributed by atoms with Crippen LogP contribution in [0.1, 0.15) is 12.0 Å². The van der Waals surface area contributed by atoms with Crippen molar-refractivity contribution in [3.8, 4) is 0 Å². The maximum absolute atomic E-state index is 5.82. The van der Waals surface area contributed by atoms with Crippen LogP contribution in [0.25, 0.3) is 10.9 Å². The molecule has 0 saturated heterocycles. The van der Waals surface area contributed by atoms with E-state index in [9.17, 15) is 0 Å². The van der Waals surface area contributed by atoms with Crippen molar-refractivity contribution in [1.82, 2.24) is 4.57 Å². The number of rotatable bonds is 4. The Morgan fingerprint density at radius 2 is 2.19 bits per heavy atom. The molecule has 0 atom stereocenters. The molecule has 0 aliphatic carbocycles. The van der Waals surface area contributed by atoms with Gasteiger partial charge in [-0.1, -0.05) is 17.6 Å². The van der Waals surface area contributed by atoms with Crippen LogP contribution in [-0.4, -0.2) is 26.1 Å². The molecule has 2 radical (unpaired) electrons. The molecule has 0 fully saturated rings. The van der Waals surface area contributed by atoms with Gasteiger partial charge in [-0.15, -0.1) is 0 Å². The molecule has 0 saturated carbocycles. The summed E-state index contributed by atoms with van der Waals surface area (Å²) in [7, 11) is 7.55. The topological polar surface area (TPSA) is 14.2 Å². The van der Waals surface area contributed by atoms with E-state index in [0.717, 1.165) is 25.0 Å². The first-order valence-electron chi connectivity index (χ1n) is 5.56. The third-order valence-corrected chi connectivity index (χ3v) is 2.85. The van der Waals surface area contributed by atoms with E-state index in [1.807, 2.05) is 12.1 Å². The predicted octanol–water partition coefficient (Wildman–Crippen LogP) is 1.78. The number of ether oxygens (including phenoxy) is 1. The zero-order valence-electron chi connectivity index (χ0n) is 9.86. The Kier molecular flexibility index (Phi) is 3.35. The van der Waals surface area contributed by atoms with Gasteiger partial charge in [-0.05, 0) is 25.0 Å². The van der Waals surface area contributed by atoms with Crippen LogP contribution in [-0.2, 0) is 11.3 Å². The molecule has 3 heteroatoms. The number of aromatic nitrogens is 1. The van der Waals surface area contributed by atoms with Crippen LogP contribution in [0.3, 0.4) is 0 Å². The van der Waals surface area contributed by atoms with Crippen molar-refractivity contribution in [3.63, 3.8) is 0 Å². The van der Waals surface area contributed by atoms with E-state index in [2.05, 4.69) is 23.8 Å². The van der Waals surface area contributed by atoms with Crippen molar-refractivity contribution in [1.29, 1.82) is 0 Å². The molecule has 2 rings (SSSR count). The molecule has 0 aliphatic heterocycles. The number of nitrogens with zero attached hydrogens (tertiary/aromatic N) is 1. The number of hydrogen-bond donors (Lipinski definition) is 0. The number of fused-ring (bicyclic) bond motifs is 1. The second-order valence-electron chi connectivity index (χ2n) is 4.13. The van der Waals surface area contributed by atoms with Gasteiger partial charge in [0, 0.05) is 37.4 Å². The molecule has 0 aliphatic rings. The molecule has 1 aromatic heterocycles. The highest BCUT2D eigenvalue weighted by molar-refractivity contribution is 6.33. The summed E-state index contributed by atoms with van der Waals surface area (Å²) in [6, 6.07) is 6.08. The molecule has 1 heterocycles. The van der Waals surface area contributed by atoms with E-state index >= 15 is 0 Å². The van der Waals surface area contributed by atoms with Crippen molar-refractivity contribution in [3.05, 3.63) is 30.0 Å². The van der Waals surface area contributed by atoms with Crippen LogP contribution in [0.2, 0.25) is 0 Å². The SMILES string of the molecule is [B]c1ccc2c(C)cn(CCCOC)c2c1. The summed E-state index contributed by atoms with van der Waals surface area (Å²) in [5.74, 6) is 0. The molecule has 2 nitrogen and oxygen atoms in total. The van der Waals surface area contributed by atoms with Gasteiger partial charge in [0.05, 0.1) is 0 Å². The first kappa shape index (κ1) is 11.3. The average molecular weight is 213 g/mol. The number of methoxy groups -OCH3 is 1. The lowest BCUT2D eigenvalue weighted by Crippen LogP contribution is -2.04. The number of hydrogen-bond acceptors (Lipinski definition) is 1. The minimum atomic E-state index is 0.793. The van der Waals surface area contributed by atoms with Crippen LogP contribution >= 0.6 is 0 Å². The molecule has 0 amide bonds. The van der Waals surface area contributed by atoms with Crippen molar-refractivity contribution >= 4 is 24.2 Å². The van der Waals surface area contributed by atoms with E-state index in [4.69, 9.17) is 12.6 Å². The van der Waals surface area contributed by atoms with E-state index in [1.54, 1.807) is 7.11 Å². The van der Waals surface area contributed by atoms with Crippen molar-refractivity contribution < 1.29 is 4.74 Å². The van der Waals surface area contributed by atoms with Crippen molar-refractivity contribution in [2.45, 2.75) is 19.9 Å². The second-order valence-corrected chi connectivity index (χ2v) is 4.13. The molecular weight excluding hydrogens is 197 g/mol. The highest BCUT2D eigenvalue weighted by atomic mass is 16.5. The highest BCUT2D eigenvalue weighted by Crippen LogP contribution is 2.19. The summed E-state index contributed by atoms with van der Waals surface area (Å²) in [4.78, 5) is 0. The van der Waals surface area contributed by atoms with Gasteiger partial charge in [0.15, 0.2) is 0 Å². The van der Waals surface area contributed by atoms with Crippen LogP contribution in [0.4, 0.5) is 0 Å². The number of benzene rings is 1. The van der Waals surface area contributed by atoms with Gasteiger partial charge in [-0.3, -0.25) is 0 Å². The fraction of sp³-hybridized carbons (Fsp3) is 0.385. The quantitative estimate of drug-likeness (QED) is 0.557. The first-order valence-corrected chi connectivity index (χ1v) is 5.56. The summed E-state index contributed by atoms with van der Waals surface area (Å²) in [6.07, 6.45) is 3.20. The van der Waals surface area contributed by atoms with E-state index < -0.39 is 0 Å². The van der Waals surface area contributed by atoms with Gasteiger partial charge >= 0.3 is 0 Å². The molecule has 16 heavy (non-hydrogen) atoms. The average Bonchev–Trinajstić information content (AvgIpc) is 2.56. The highest BCUT2D eigenvalue weighted by Gasteiger charge is 2.04. The molecule has 2 aromatic rings. The maximum atomic E-state index is 5.82. The third-order valence-electron chi connectivity index (χ3n) is 2.85. The van der Waals surface area contributed by atoms with E-state index in [1.165, 1.54) is 16.5 Å². The molecule has 1 aromatic carbocycles. The van der Waals surface area contributed by atoms with Gasteiger partial charge in [0.2, 0.25) is 0 Å². The summed E-state index contributed by atoms with van der Waals surface area (Å²) in [6.45, 7) is 3.90. The largest absolute Gasteiger partial charge is 0.385 e. The van der Waals surface area contributed by atoms with Crippen LogP contribution in [0.5, 0.6) is 0 Å². The fourth-order valence-electron chi connectivity index (χ4n) is 2.06. The fourth-order valence-corrected chi connectivity index (χ4v) is 2.06. The smallest absolute Gasteiger partial charge is 0.113 e. The van der Waals surface area contributed by atoms with Crippen LogP contribution < -0.4 is 5.46 Å². The zero-order chi connectivity index (χ0) is 11.5. The Labute approximate surface area is 97.6 Å². The molecule has 0 bridgehead atoms. The molecule has 0 spiro atoms. The Hall–Kier alpha value is -1.22. The van der Waals surface area contributed by atoms with Gasteiger partial charge < -0.3 is 9.30 Å². The lowest BCUT2D eigenvalue weighted by atomic mass is 9.95. The Bertz CT molecular complexity index is 490. The van der Waals surface area contributed by atoms with Crippen molar-refractivity contribution in [2.24, 2.45) is 0 Å². The Balaban J connectivity index is 2.33. The first-order chi connectivity index (χ1) is 7.72. The molecule has 82 valence electrons. The Morgan fingerprint density at radius 1 is 1.38 bits per heavy atom. The lowest BCUT2D eigenvalue weighted by Gasteiger charge is -2.05. The predicted molar refractivity (Wildman–Crippen MR) is 68.6 cm³/mol. The lowest BCUT2D eigenvalue weighted by molar-refractivity contribution is 0.190. The monoisotopic (exact) mass is 213 g/mol. The van der Waals surface area contributed by atoms with Crippen molar-refractivity contribution in [2.75, 3.05) is 13.7 Å². The molecule has 0 N–H and O–H groups in total. The van der Waals surface area contributed by atoms with Gasteiger partial charge in [0.1, 0.15) is 7.85 Å². The van der Waals surface area contributed by atoms with Crippen LogP contribution in [0.15, 0.2) is 24.4 Å². The second kappa shape index (κ2) is 4.75. The summed E-state index contributed by atoms with van der Waals surface area (Å²) in [5, 5.41) is 1.28. The van der Waals surface area contributed by atoms with E-state index in [0.29, 0.717) is 0 Å². The van der Waals surface area contributed by atoms with Gasteiger partial charge in [-0.2, -0.15) is 0 Å². The standard InChI is InChI=1S/C13H16BNO/c1-10-9-15(6-3-7-16-2)13-8-11(14)4-5-12(10)13/h4-5,8-9H,3,6-7H2,1-2H3.